The molecule has 0 aliphatic rings. The van der Waals surface area contributed by atoms with Crippen LogP contribution in [0, 0.1) is 6.92 Å². The number of aromatic nitrogens is 3. The van der Waals surface area contributed by atoms with Crippen molar-refractivity contribution in [2.75, 3.05) is 5.32 Å². The van der Waals surface area contributed by atoms with Gasteiger partial charge in [0.1, 0.15) is 5.75 Å². The number of halogens is 6. The van der Waals surface area contributed by atoms with Crippen LogP contribution < -0.4 is 10.1 Å². The Hall–Kier alpha value is -3.57. The monoisotopic (exact) mass is 430 g/mol. The Labute approximate surface area is 165 Å². The van der Waals surface area contributed by atoms with Gasteiger partial charge in [0.2, 0.25) is 0 Å². The van der Waals surface area contributed by atoms with Crippen molar-refractivity contribution in [2.24, 2.45) is 0 Å². The third-order valence-electron chi connectivity index (χ3n) is 3.87. The zero-order chi connectivity index (χ0) is 22.1. The molecule has 1 amide bonds. The first kappa shape index (κ1) is 21.1. The van der Waals surface area contributed by atoms with Gasteiger partial charge in [0, 0.05) is 18.0 Å². The molecule has 1 aromatic carbocycles. The van der Waals surface area contributed by atoms with Crippen LogP contribution in [0.15, 0.2) is 48.8 Å². The number of carbonyl (C=O) groups excluding carboxylic acids is 1. The van der Waals surface area contributed by atoms with Gasteiger partial charge in [-0.05, 0) is 31.2 Å². The SMILES string of the molecule is Cc1c(C(=O)Nc2cccc(OC(F)(F)F)c2)cnn1-c1ccc(C(F)(F)F)cn1. The van der Waals surface area contributed by atoms with Crippen LogP contribution >= 0.6 is 0 Å². The summed E-state index contributed by atoms with van der Waals surface area (Å²) in [4.78, 5) is 16.2. The first-order valence-electron chi connectivity index (χ1n) is 8.19. The zero-order valence-corrected chi connectivity index (χ0v) is 15.0. The van der Waals surface area contributed by atoms with Gasteiger partial charge in [0.05, 0.1) is 23.0 Å². The average Bonchev–Trinajstić information content (AvgIpc) is 3.01. The van der Waals surface area contributed by atoms with Crippen LogP contribution in [0.2, 0.25) is 0 Å². The predicted molar refractivity (Wildman–Crippen MR) is 92.2 cm³/mol. The van der Waals surface area contributed by atoms with Crippen LogP contribution in [0.4, 0.5) is 32.0 Å². The molecule has 2 heterocycles. The molecule has 6 nitrogen and oxygen atoms in total. The Bertz CT molecular complexity index is 1060. The molecule has 3 rings (SSSR count). The van der Waals surface area contributed by atoms with Crippen molar-refractivity contribution in [1.82, 2.24) is 14.8 Å². The van der Waals surface area contributed by atoms with Gasteiger partial charge in [-0.2, -0.15) is 18.3 Å². The van der Waals surface area contributed by atoms with Gasteiger partial charge in [0.25, 0.3) is 5.91 Å². The maximum atomic E-state index is 12.7. The molecule has 0 atom stereocenters. The fourth-order valence-corrected chi connectivity index (χ4v) is 2.51. The number of nitrogens with one attached hydrogen (secondary N) is 1. The third-order valence-corrected chi connectivity index (χ3v) is 3.87. The Kier molecular flexibility index (Phi) is 5.42. The van der Waals surface area contributed by atoms with E-state index in [2.05, 4.69) is 20.1 Å². The summed E-state index contributed by atoms with van der Waals surface area (Å²) in [6.07, 6.45) is -7.61. The van der Waals surface area contributed by atoms with E-state index < -0.39 is 29.8 Å². The number of amides is 1. The van der Waals surface area contributed by atoms with Crippen molar-refractivity contribution in [1.29, 1.82) is 0 Å². The molecule has 1 N–H and O–H groups in total. The lowest BCUT2D eigenvalue weighted by Crippen LogP contribution is -2.17. The quantitative estimate of drug-likeness (QED) is 0.607. The average molecular weight is 430 g/mol. The van der Waals surface area contributed by atoms with E-state index in [-0.39, 0.29) is 22.8 Å². The van der Waals surface area contributed by atoms with Crippen molar-refractivity contribution in [2.45, 2.75) is 19.5 Å². The largest absolute Gasteiger partial charge is 0.573 e. The number of carbonyl (C=O) groups is 1. The molecule has 0 saturated carbocycles. The van der Waals surface area contributed by atoms with Crippen molar-refractivity contribution in [3.05, 3.63) is 65.6 Å². The molecule has 12 heteroatoms. The molecule has 0 saturated heterocycles. The first-order chi connectivity index (χ1) is 13.9. The smallest absolute Gasteiger partial charge is 0.406 e. The summed E-state index contributed by atoms with van der Waals surface area (Å²) in [5, 5.41) is 6.36. The Morgan fingerprint density at radius 3 is 2.40 bits per heavy atom. The van der Waals surface area contributed by atoms with E-state index in [0.717, 1.165) is 28.9 Å². The highest BCUT2D eigenvalue weighted by molar-refractivity contribution is 6.05. The van der Waals surface area contributed by atoms with E-state index in [1.807, 2.05) is 0 Å². The molecule has 158 valence electrons. The van der Waals surface area contributed by atoms with Crippen molar-refractivity contribution < 1.29 is 35.9 Å². The fraction of sp³-hybridized carbons (Fsp3) is 0.167. The number of rotatable bonds is 4. The first-order valence-corrected chi connectivity index (χ1v) is 8.19. The van der Waals surface area contributed by atoms with Gasteiger partial charge in [-0.25, -0.2) is 9.67 Å². The van der Waals surface area contributed by atoms with Gasteiger partial charge in [0.15, 0.2) is 5.82 Å². The Balaban J connectivity index is 1.79. The van der Waals surface area contributed by atoms with Gasteiger partial charge in [-0.1, -0.05) is 6.07 Å². The number of anilines is 1. The van der Waals surface area contributed by atoms with Crippen LogP contribution in [0.25, 0.3) is 5.82 Å². The van der Waals surface area contributed by atoms with Crippen molar-refractivity contribution >= 4 is 11.6 Å². The van der Waals surface area contributed by atoms with Gasteiger partial charge < -0.3 is 10.1 Å². The molecular formula is C18H12F6N4O2. The van der Waals surface area contributed by atoms with Crippen molar-refractivity contribution in [3.8, 4) is 11.6 Å². The van der Waals surface area contributed by atoms with Crippen LogP contribution in [0.3, 0.4) is 0 Å². The Morgan fingerprint density at radius 2 is 1.80 bits per heavy atom. The Morgan fingerprint density at radius 1 is 1.07 bits per heavy atom. The predicted octanol–water partition coefficient (Wildman–Crippen LogP) is 4.75. The summed E-state index contributed by atoms with van der Waals surface area (Å²) < 4.78 is 79.9. The molecule has 2 aromatic heterocycles. The van der Waals surface area contributed by atoms with Crippen LogP contribution in [0.5, 0.6) is 5.75 Å². The van der Waals surface area contributed by atoms with E-state index >= 15 is 0 Å². The number of benzene rings is 1. The minimum absolute atomic E-state index is 0.0431. The van der Waals surface area contributed by atoms with Crippen LogP contribution in [0.1, 0.15) is 21.6 Å². The maximum absolute atomic E-state index is 12.7. The van der Waals surface area contributed by atoms with E-state index in [9.17, 15) is 31.1 Å². The van der Waals surface area contributed by atoms with Gasteiger partial charge >= 0.3 is 12.5 Å². The standard InChI is InChI=1S/C18H12F6N4O2/c1-10-14(9-26-28(10)15-6-5-11(8-25-15)17(19,20)21)16(29)27-12-3-2-4-13(7-12)30-18(22,23)24/h2-9H,1H3,(H,27,29). The molecule has 0 bridgehead atoms. The fourth-order valence-electron chi connectivity index (χ4n) is 2.51. The molecule has 0 unspecified atom stereocenters. The summed E-state index contributed by atoms with van der Waals surface area (Å²) in [5.41, 5.74) is -0.571. The molecule has 0 aliphatic carbocycles. The molecule has 0 spiro atoms. The molecule has 0 aliphatic heterocycles. The number of nitrogens with zero attached hydrogens (tertiary/aromatic N) is 3. The molecular weight excluding hydrogens is 418 g/mol. The lowest BCUT2D eigenvalue weighted by molar-refractivity contribution is -0.274. The molecule has 3 aromatic rings. The van der Waals surface area contributed by atoms with Gasteiger partial charge in [-0.3, -0.25) is 4.79 Å². The number of alkyl halides is 6. The second-order valence-electron chi connectivity index (χ2n) is 5.99. The van der Waals surface area contributed by atoms with E-state index in [1.54, 1.807) is 0 Å². The van der Waals surface area contributed by atoms with Gasteiger partial charge in [-0.15, -0.1) is 13.2 Å². The third kappa shape index (κ3) is 4.88. The summed E-state index contributed by atoms with van der Waals surface area (Å²) in [5.74, 6) is -1.14. The minimum Gasteiger partial charge on any atom is -0.406 e. The minimum atomic E-state index is -4.88. The van der Waals surface area contributed by atoms with E-state index in [4.69, 9.17) is 0 Å². The van der Waals surface area contributed by atoms with E-state index in [1.165, 1.54) is 25.3 Å². The second-order valence-corrected chi connectivity index (χ2v) is 5.99. The lowest BCUT2D eigenvalue weighted by atomic mass is 10.2. The summed E-state index contributed by atoms with van der Waals surface area (Å²) >= 11 is 0. The summed E-state index contributed by atoms with van der Waals surface area (Å²) in [6, 6.07) is 6.61. The normalized spacial score (nSPS) is 12.0. The highest BCUT2D eigenvalue weighted by Gasteiger charge is 2.32. The highest BCUT2D eigenvalue weighted by atomic mass is 19.4. The molecule has 30 heavy (non-hydrogen) atoms. The number of pyridine rings is 1. The summed E-state index contributed by atoms with van der Waals surface area (Å²) in [7, 11) is 0. The van der Waals surface area contributed by atoms with Crippen molar-refractivity contribution in [3.63, 3.8) is 0 Å². The zero-order valence-electron chi connectivity index (χ0n) is 15.0. The highest BCUT2D eigenvalue weighted by Crippen LogP contribution is 2.29. The van der Waals surface area contributed by atoms with Crippen LogP contribution in [-0.2, 0) is 6.18 Å². The number of hydrogen-bond acceptors (Lipinski definition) is 4. The number of hydrogen-bond donors (Lipinski definition) is 1. The maximum Gasteiger partial charge on any atom is 0.573 e. The summed E-state index contributed by atoms with van der Waals surface area (Å²) in [6.45, 7) is 1.49. The van der Waals surface area contributed by atoms with E-state index in [0.29, 0.717) is 6.20 Å². The lowest BCUT2D eigenvalue weighted by Gasteiger charge is -2.11. The molecule has 0 radical (unpaired) electrons. The molecule has 0 fully saturated rings. The second kappa shape index (κ2) is 7.69. The number of ether oxygens (including phenoxy) is 1. The van der Waals surface area contributed by atoms with Crippen LogP contribution in [-0.4, -0.2) is 27.0 Å². The topological polar surface area (TPSA) is 69.0 Å².